The molecular formula is C11H18F3N3S. The number of nitrogens with zero attached hydrogens (tertiary/aromatic N) is 1. The molecule has 1 unspecified atom stereocenters. The Kier molecular flexibility index (Phi) is 6.04. The number of aromatic nitrogens is 1. The summed E-state index contributed by atoms with van der Waals surface area (Å²) in [4.78, 5) is 3.94. The van der Waals surface area contributed by atoms with Crippen LogP contribution in [0.25, 0.3) is 0 Å². The van der Waals surface area contributed by atoms with Gasteiger partial charge >= 0.3 is 6.18 Å². The minimum absolute atomic E-state index is 0.240. The number of thiazole rings is 1. The highest BCUT2D eigenvalue weighted by molar-refractivity contribution is 7.11. The molecule has 0 saturated heterocycles. The Morgan fingerprint density at radius 3 is 2.61 bits per heavy atom. The SMILES string of the molecule is CCCCCCC(NN)c1cnc(C(F)(F)F)s1. The minimum atomic E-state index is -4.37. The summed E-state index contributed by atoms with van der Waals surface area (Å²) in [6.45, 7) is 2.11. The van der Waals surface area contributed by atoms with Crippen LogP contribution < -0.4 is 11.3 Å². The van der Waals surface area contributed by atoms with Gasteiger partial charge < -0.3 is 0 Å². The number of nitrogens with two attached hydrogens (primary N) is 1. The zero-order valence-corrected chi connectivity index (χ0v) is 11.1. The Balaban J connectivity index is 2.57. The van der Waals surface area contributed by atoms with Crippen LogP contribution in [0.3, 0.4) is 0 Å². The van der Waals surface area contributed by atoms with Gasteiger partial charge in [0, 0.05) is 11.1 Å². The van der Waals surface area contributed by atoms with E-state index in [1.54, 1.807) is 0 Å². The Morgan fingerprint density at radius 2 is 2.11 bits per heavy atom. The lowest BCUT2D eigenvalue weighted by Crippen LogP contribution is -2.27. The van der Waals surface area contributed by atoms with Gasteiger partial charge in [-0.25, -0.2) is 4.98 Å². The molecule has 104 valence electrons. The zero-order chi connectivity index (χ0) is 13.6. The molecule has 0 radical (unpaired) electrons. The smallest absolute Gasteiger partial charge is 0.271 e. The minimum Gasteiger partial charge on any atom is -0.271 e. The van der Waals surface area contributed by atoms with Crippen molar-refractivity contribution >= 4 is 11.3 Å². The molecule has 18 heavy (non-hydrogen) atoms. The number of rotatable bonds is 7. The lowest BCUT2D eigenvalue weighted by molar-refractivity contribution is -0.137. The van der Waals surface area contributed by atoms with Gasteiger partial charge in [-0.15, -0.1) is 11.3 Å². The summed E-state index contributed by atoms with van der Waals surface area (Å²) >= 11 is 0.658. The molecule has 3 nitrogen and oxygen atoms in total. The van der Waals surface area contributed by atoms with E-state index < -0.39 is 11.2 Å². The van der Waals surface area contributed by atoms with Gasteiger partial charge in [-0.3, -0.25) is 11.3 Å². The van der Waals surface area contributed by atoms with E-state index >= 15 is 0 Å². The highest BCUT2D eigenvalue weighted by atomic mass is 32.1. The van der Waals surface area contributed by atoms with E-state index in [0.717, 1.165) is 32.1 Å². The molecule has 1 rings (SSSR count). The van der Waals surface area contributed by atoms with E-state index in [9.17, 15) is 13.2 Å². The molecule has 0 spiro atoms. The molecule has 0 fully saturated rings. The molecule has 0 aromatic carbocycles. The van der Waals surface area contributed by atoms with Gasteiger partial charge in [-0.1, -0.05) is 32.6 Å². The average Bonchev–Trinajstić information content (AvgIpc) is 2.78. The van der Waals surface area contributed by atoms with E-state index in [-0.39, 0.29) is 6.04 Å². The number of hydrogen-bond donors (Lipinski definition) is 2. The van der Waals surface area contributed by atoms with Crippen LogP contribution in [-0.4, -0.2) is 4.98 Å². The molecular weight excluding hydrogens is 263 g/mol. The predicted molar refractivity (Wildman–Crippen MR) is 65.9 cm³/mol. The molecule has 1 aromatic rings. The van der Waals surface area contributed by atoms with Crippen molar-refractivity contribution in [3.05, 3.63) is 16.1 Å². The summed E-state index contributed by atoms with van der Waals surface area (Å²) in [5.41, 5.74) is 2.56. The summed E-state index contributed by atoms with van der Waals surface area (Å²) in [5, 5.41) is -0.814. The van der Waals surface area contributed by atoms with Gasteiger partial charge in [0.2, 0.25) is 0 Å². The van der Waals surface area contributed by atoms with Crippen LogP contribution in [0.4, 0.5) is 13.2 Å². The van der Waals surface area contributed by atoms with Crippen molar-refractivity contribution in [2.45, 2.75) is 51.2 Å². The molecule has 7 heteroatoms. The maximum Gasteiger partial charge on any atom is 0.443 e. The van der Waals surface area contributed by atoms with Crippen molar-refractivity contribution in [1.82, 2.24) is 10.4 Å². The van der Waals surface area contributed by atoms with Crippen LogP contribution in [0.15, 0.2) is 6.20 Å². The number of nitrogens with one attached hydrogen (secondary N) is 1. The molecule has 0 aliphatic heterocycles. The number of hydrogen-bond acceptors (Lipinski definition) is 4. The van der Waals surface area contributed by atoms with Crippen molar-refractivity contribution in [2.24, 2.45) is 5.84 Å². The lowest BCUT2D eigenvalue weighted by Gasteiger charge is -2.13. The monoisotopic (exact) mass is 281 g/mol. The second-order valence-corrected chi connectivity index (χ2v) is 5.20. The van der Waals surface area contributed by atoms with E-state index in [0.29, 0.717) is 16.2 Å². The van der Waals surface area contributed by atoms with Crippen LogP contribution in [0.2, 0.25) is 0 Å². The highest BCUT2D eigenvalue weighted by Gasteiger charge is 2.35. The van der Waals surface area contributed by atoms with Crippen molar-refractivity contribution < 1.29 is 13.2 Å². The quantitative estimate of drug-likeness (QED) is 0.456. The van der Waals surface area contributed by atoms with Gasteiger partial charge in [0.05, 0.1) is 6.04 Å². The van der Waals surface area contributed by atoms with E-state index in [1.807, 2.05) is 0 Å². The molecule has 0 saturated carbocycles. The largest absolute Gasteiger partial charge is 0.443 e. The maximum absolute atomic E-state index is 12.4. The Hall–Kier alpha value is -0.660. The number of alkyl halides is 3. The molecule has 0 amide bonds. The normalized spacial score (nSPS) is 13.8. The average molecular weight is 281 g/mol. The van der Waals surface area contributed by atoms with E-state index in [4.69, 9.17) is 5.84 Å². The number of halogens is 3. The fourth-order valence-electron chi connectivity index (χ4n) is 1.66. The third-order valence-corrected chi connectivity index (χ3v) is 3.81. The third-order valence-electron chi connectivity index (χ3n) is 2.66. The first-order valence-corrected chi connectivity index (χ1v) is 6.79. The standard InChI is InChI=1S/C11H18F3N3S/c1-2-3-4-5-6-8(17-15)9-7-16-10(18-9)11(12,13)14/h7-8,17H,2-6,15H2,1H3. The van der Waals surface area contributed by atoms with Crippen LogP contribution in [0, 0.1) is 0 Å². The van der Waals surface area contributed by atoms with E-state index in [1.165, 1.54) is 6.20 Å². The van der Waals surface area contributed by atoms with Gasteiger partial charge in [-0.2, -0.15) is 13.2 Å². The molecule has 0 aliphatic carbocycles. The van der Waals surface area contributed by atoms with Gasteiger partial charge in [0.1, 0.15) is 0 Å². The number of unbranched alkanes of at least 4 members (excludes halogenated alkanes) is 3. The fourth-order valence-corrected chi connectivity index (χ4v) is 2.54. The Morgan fingerprint density at radius 1 is 1.39 bits per heavy atom. The van der Waals surface area contributed by atoms with Gasteiger partial charge in [0.25, 0.3) is 0 Å². The van der Waals surface area contributed by atoms with Crippen molar-refractivity contribution in [2.75, 3.05) is 0 Å². The Bertz CT molecular complexity index is 352. The highest BCUT2D eigenvalue weighted by Crippen LogP contribution is 2.35. The van der Waals surface area contributed by atoms with Crippen molar-refractivity contribution in [3.63, 3.8) is 0 Å². The zero-order valence-electron chi connectivity index (χ0n) is 10.3. The van der Waals surface area contributed by atoms with Crippen LogP contribution in [-0.2, 0) is 6.18 Å². The maximum atomic E-state index is 12.4. The first-order valence-electron chi connectivity index (χ1n) is 5.98. The fraction of sp³-hybridized carbons (Fsp3) is 0.727. The van der Waals surface area contributed by atoms with Crippen molar-refractivity contribution in [3.8, 4) is 0 Å². The third kappa shape index (κ3) is 4.55. The molecule has 0 aliphatic rings. The second kappa shape index (κ2) is 7.06. The summed E-state index contributed by atoms with van der Waals surface area (Å²) in [5.74, 6) is 5.39. The molecule has 1 aromatic heterocycles. The summed E-state index contributed by atoms with van der Waals surface area (Å²) in [6, 6.07) is -0.240. The van der Waals surface area contributed by atoms with Crippen molar-refractivity contribution in [1.29, 1.82) is 0 Å². The molecule has 1 heterocycles. The molecule has 3 N–H and O–H groups in total. The van der Waals surface area contributed by atoms with Gasteiger partial charge in [-0.05, 0) is 6.42 Å². The molecule has 1 atom stereocenters. The summed E-state index contributed by atoms with van der Waals surface area (Å²) in [7, 11) is 0. The van der Waals surface area contributed by atoms with Gasteiger partial charge in [0.15, 0.2) is 5.01 Å². The van der Waals surface area contributed by atoms with Crippen LogP contribution in [0.1, 0.15) is 55.0 Å². The lowest BCUT2D eigenvalue weighted by atomic mass is 10.1. The van der Waals surface area contributed by atoms with Crippen LogP contribution in [0.5, 0.6) is 0 Å². The molecule has 0 bridgehead atoms. The first-order chi connectivity index (χ1) is 8.49. The Labute approximate surface area is 109 Å². The number of hydrazine groups is 1. The second-order valence-electron chi connectivity index (χ2n) is 4.13. The first kappa shape index (κ1) is 15.4. The van der Waals surface area contributed by atoms with Crippen LogP contribution >= 0.6 is 11.3 Å². The summed E-state index contributed by atoms with van der Waals surface area (Å²) < 4.78 is 37.3. The van der Waals surface area contributed by atoms with E-state index in [2.05, 4.69) is 17.3 Å². The predicted octanol–water partition coefficient (Wildman–Crippen LogP) is 3.64. The topological polar surface area (TPSA) is 50.9 Å². The summed E-state index contributed by atoms with van der Waals surface area (Å²) in [6.07, 6.45) is 1.90.